The Hall–Kier alpha value is 0.270. The normalized spacial score (nSPS) is 30.0. The summed E-state index contributed by atoms with van der Waals surface area (Å²) in [4.78, 5) is 0. The number of thioether (sulfide) groups is 1. The fraction of sp³-hybridized carbons (Fsp3) is 1.00. The lowest BCUT2D eigenvalue weighted by Gasteiger charge is -2.35. The summed E-state index contributed by atoms with van der Waals surface area (Å²) in [5.41, 5.74) is 0. The van der Waals surface area contributed by atoms with Gasteiger partial charge in [0.2, 0.25) is 0 Å². The molecule has 4 unspecified atom stereocenters. The standard InChI is InChI=1S/C13H27NOS/c1-4-10(2)12(9-15)14-11-7-5-6-8-13(11)16-3/h10-15H,4-9H2,1-3H3. The van der Waals surface area contributed by atoms with Crippen molar-refractivity contribution in [3.63, 3.8) is 0 Å². The zero-order valence-electron chi connectivity index (χ0n) is 10.9. The van der Waals surface area contributed by atoms with E-state index in [1.165, 1.54) is 25.7 Å². The van der Waals surface area contributed by atoms with Crippen molar-refractivity contribution < 1.29 is 5.11 Å². The predicted molar refractivity (Wildman–Crippen MR) is 73.0 cm³/mol. The van der Waals surface area contributed by atoms with Crippen molar-refractivity contribution in [1.82, 2.24) is 5.32 Å². The van der Waals surface area contributed by atoms with Gasteiger partial charge in [-0.25, -0.2) is 0 Å². The van der Waals surface area contributed by atoms with Crippen LogP contribution in [0, 0.1) is 5.92 Å². The molecule has 2 nitrogen and oxygen atoms in total. The van der Waals surface area contributed by atoms with Gasteiger partial charge in [0.05, 0.1) is 6.61 Å². The van der Waals surface area contributed by atoms with Gasteiger partial charge < -0.3 is 10.4 Å². The fourth-order valence-corrected chi connectivity index (χ4v) is 3.47. The Bertz CT molecular complexity index is 189. The number of aliphatic hydroxyl groups is 1. The molecule has 0 aromatic rings. The SMILES string of the molecule is CCC(C)C(CO)NC1CCCCC1SC. The average Bonchev–Trinajstić information content (AvgIpc) is 2.35. The first-order chi connectivity index (χ1) is 7.72. The molecule has 0 amide bonds. The molecule has 0 spiro atoms. The molecule has 96 valence electrons. The lowest BCUT2D eigenvalue weighted by Crippen LogP contribution is -2.49. The van der Waals surface area contributed by atoms with Crippen LogP contribution in [-0.2, 0) is 0 Å². The number of hydrogen-bond acceptors (Lipinski definition) is 3. The van der Waals surface area contributed by atoms with E-state index in [0.29, 0.717) is 12.0 Å². The van der Waals surface area contributed by atoms with Gasteiger partial charge in [-0.05, 0) is 25.0 Å². The van der Waals surface area contributed by atoms with Crippen LogP contribution in [0.3, 0.4) is 0 Å². The minimum Gasteiger partial charge on any atom is -0.395 e. The summed E-state index contributed by atoms with van der Waals surface area (Å²) >= 11 is 1.98. The van der Waals surface area contributed by atoms with E-state index in [4.69, 9.17) is 0 Å². The highest BCUT2D eigenvalue weighted by Crippen LogP contribution is 2.28. The molecule has 1 saturated carbocycles. The number of nitrogens with one attached hydrogen (secondary N) is 1. The molecule has 0 radical (unpaired) electrons. The summed E-state index contributed by atoms with van der Waals surface area (Å²) < 4.78 is 0. The van der Waals surface area contributed by atoms with E-state index in [9.17, 15) is 5.11 Å². The van der Waals surface area contributed by atoms with Gasteiger partial charge in [-0.3, -0.25) is 0 Å². The molecule has 3 heteroatoms. The van der Waals surface area contributed by atoms with E-state index >= 15 is 0 Å². The average molecular weight is 245 g/mol. The second-order valence-electron chi connectivity index (χ2n) is 5.01. The van der Waals surface area contributed by atoms with Crippen molar-refractivity contribution in [2.24, 2.45) is 5.92 Å². The number of aliphatic hydroxyl groups excluding tert-OH is 1. The second kappa shape index (κ2) is 7.57. The van der Waals surface area contributed by atoms with E-state index < -0.39 is 0 Å². The van der Waals surface area contributed by atoms with Crippen molar-refractivity contribution in [2.75, 3.05) is 12.9 Å². The molecule has 1 aliphatic rings. The van der Waals surface area contributed by atoms with Gasteiger partial charge in [-0.1, -0.05) is 33.1 Å². The van der Waals surface area contributed by atoms with Gasteiger partial charge in [-0.15, -0.1) is 0 Å². The molecule has 0 aromatic carbocycles. The second-order valence-corrected chi connectivity index (χ2v) is 6.08. The van der Waals surface area contributed by atoms with Crippen LogP contribution in [0.25, 0.3) is 0 Å². The molecule has 0 saturated heterocycles. The topological polar surface area (TPSA) is 32.3 Å². The molecule has 4 atom stereocenters. The van der Waals surface area contributed by atoms with Crippen molar-refractivity contribution >= 4 is 11.8 Å². The van der Waals surface area contributed by atoms with Crippen LogP contribution < -0.4 is 5.32 Å². The maximum atomic E-state index is 9.45. The zero-order valence-corrected chi connectivity index (χ0v) is 11.7. The highest BCUT2D eigenvalue weighted by atomic mass is 32.2. The minimum absolute atomic E-state index is 0.270. The first-order valence-electron chi connectivity index (χ1n) is 6.62. The van der Waals surface area contributed by atoms with E-state index in [2.05, 4.69) is 25.4 Å². The van der Waals surface area contributed by atoms with Gasteiger partial charge in [0, 0.05) is 17.3 Å². The largest absolute Gasteiger partial charge is 0.395 e. The van der Waals surface area contributed by atoms with Crippen molar-refractivity contribution in [3.8, 4) is 0 Å². The Morgan fingerprint density at radius 3 is 2.62 bits per heavy atom. The molecule has 0 heterocycles. The molecular formula is C13H27NOS. The molecular weight excluding hydrogens is 218 g/mol. The summed E-state index contributed by atoms with van der Waals surface area (Å²) in [5.74, 6) is 0.564. The summed E-state index contributed by atoms with van der Waals surface area (Å²) in [5, 5.41) is 13.9. The Balaban J connectivity index is 2.48. The maximum absolute atomic E-state index is 9.45. The molecule has 0 aromatic heterocycles. The first kappa shape index (κ1) is 14.3. The van der Waals surface area contributed by atoms with Crippen LogP contribution in [0.15, 0.2) is 0 Å². The zero-order chi connectivity index (χ0) is 12.0. The Morgan fingerprint density at radius 1 is 1.38 bits per heavy atom. The van der Waals surface area contributed by atoms with Crippen LogP contribution in [0.4, 0.5) is 0 Å². The van der Waals surface area contributed by atoms with E-state index in [1.54, 1.807) is 0 Å². The predicted octanol–water partition coefficient (Wildman–Crippen LogP) is 2.66. The minimum atomic E-state index is 0.270. The fourth-order valence-electron chi connectivity index (χ4n) is 2.53. The Labute approximate surface area is 105 Å². The third kappa shape index (κ3) is 3.94. The molecule has 1 rings (SSSR count). The van der Waals surface area contributed by atoms with E-state index in [0.717, 1.165) is 11.7 Å². The van der Waals surface area contributed by atoms with Crippen LogP contribution in [0.1, 0.15) is 46.0 Å². The number of rotatable bonds is 6. The summed E-state index contributed by atoms with van der Waals surface area (Å²) in [6.45, 7) is 4.69. The van der Waals surface area contributed by atoms with Crippen LogP contribution in [0.2, 0.25) is 0 Å². The lowest BCUT2D eigenvalue weighted by atomic mass is 9.92. The van der Waals surface area contributed by atoms with Crippen molar-refractivity contribution in [2.45, 2.75) is 63.3 Å². The van der Waals surface area contributed by atoms with Crippen molar-refractivity contribution in [1.29, 1.82) is 0 Å². The molecule has 2 N–H and O–H groups in total. The van der Waals surface area contributed by atoms with Gasteiger partial charge in [0.1, 0.15) is 0 Å². The highest BCUT2D eigenvalue weighted by molar-refractivity contribution is 7.99. The van der Waals surface area contributed by atoms with Crippen LogP contribution >= 0.6 is 11.8 Å². The maximum Gasteiger partial charge on any atom is 0.0587 e. The van der Waals surface area contributed by atoms with Crippen LogP contribution in [0.5, 0.6) is 0 Å². The van der Waals surface area contributed by atoms with Gasteiger partial charge >= 0.3 is 0 Å². The lowest BCUT2D eigenvalue weighted by molar-refractivity contribution is 0.181. The summed E-state index contributed by atoms with van der Waals surface area (Å²) in [6, 6.07) is 0.887. The monoisotopic (exact) mass is 245 g/mol. The summed E-state index contributed by atoms with van der Waals surface area (Å²) in [7, 11) is 0. The molecule has 0 bridgehead atoms. The smallest absolute Gasteiger partial charge is 0.0587 e. The third-order valence-electron chi connectivity index (χ3n) is 3.96. The van der Waals surface area contributed by atoms with Gasteiger partial charge in [-0.2, -0.15) is 11.8 Å². The van der Waals surface area contributed by atoms with E-state index in [-0.39, 0.29) is 12.6 Å². The van der Waals surface area contributed by atoms with Crippen molar-refractivity contribution in [3.05, 3.63) is 0 Å². The first-order valence-corrected chi connectivity index (χ1v) is 7.91. The molecule has 1 aliphatic carbocycles. The summed E-state index contributed by atoms with van der Waals surface area (Å²) in [6.07, 6.45) is 8.66. The number of hydrogen-bond donors (Lipinski definition) is 2. The van der Waals surface area contributed by atoms with Gasteiger partial charge in [0.25, 0.3) is 0 Å². The van der Waals surface area contributed by atoms with E-state index in [1.807, 2.05) is 11.8 Å². The molecule has 0 aliphatic heterocycles. The van der Waals surface area contributed by atoms with Gasteiger partial charge in [0.15, 0.2) is 0 Å². The Kier molecular flexibility index (Phi) is 6.78. The molecule has 1 fully saturated rings. The highest BCUT2D eigenvalue weighted by Gasteiger charge is 2.27. The van der Waals surface area contributed by atoms with Crippen LogP contribution in [-0.4, -0.2) is 35.3 Å². The molecule has 16 heavy (non-hydrogen) atoms. The third-order valence-corrected chi connectivity index (χ3v) is 5.13. The Morgan fingerprint density at radius 2 is 2.06 bits per heavy atom. The quantitative estimate of drug-likeness (QED) is 0.754.